The van der Waals surface area contributed by atoms with Crippen LogP contribution in [-0.2, 0) is 6.42 Å². The van der Waals surface area contributed by atoms with Gasteiger partial charge in [0, 0.05) is 18.2 Å². The van der Waals surface area contributed by atoms with E-state index in [9.17, 15) is 0 Å². The van der Waals surface area contributed by atoms with Gasteiger partial charge in [0.2, 0.25) is 0 Å². The number of aryl methyl sites for hydroxylation is 1. The average Bonchev–Trinajstić information content (AvgIpc) is 2.48. The summed E-state index contributed by atoms with van der Waals surface area (Å²) in [4.78, 5) is 8.58. The van der Waals surface area contributed by atoms with Gasteiger partial charge in [-0.2, -0.15) is 0 Å². The number of nitrogens with zero attached hydrogens (tertiary/aromatic N) is 2. The highest BCUT2D eigenvalue weighted by molar-refractivity contribution is 5.56. The summed E-state index contributed by atoms with van der Waals surface area (Å²) in [6, 6.07) is 10.6. The summed E-state index contributed by atoms with van der Waals surface area (Å²) < 4.78 is 0. The van der Waals surface area contributed by atoms with Gasteiger partial charge in [-0.25, -0.2) is 9.97 Å². The van der Waals surface area contributed by atoms with E-state index in [1.165, 1.54) is 5.56 Å². The van der Waals surface area contributed by atoms with Crippen LogP contribution in [-0.4, -0.2) is 22.6 Å². The third-order valence-electron chi connectivity index (χ3n) is 3.66. The third-order valence-corrected chi connectivity index (χ3v) is 3.66. The zero-order valence-corrected chi connectivity index (χ0v) is 13.3. The molecule has 0 aliphatic heterocycles. The van der Waals surface area contributed by atoms with Gasteiger partial charge in [-0.3, -0.25) is 0 Å². The van der Waals surface area contributed by atoms with Crippen LogP contribution in [0.2, 0.25) is 0 Å². The Balaban J connectivity index is 2.03. The summed E-state index contributed by atoms with van der Waals surface area (Å²) in [6.45, 7) is 6.44. The highest BCUT2D eigenvalue weighted by Crippen LogP contribution is 2.24. The fraction of sp³-hybridized carbons (Fsp3) is 0.412. The van der Waals surface area contributed by atoms with E-state index in [1.54, 1.807) is 6.33 Å². The molecule has 2 N–H and O–H groups in total. The van der Waals surface area contributed by atoms with Crippen molar-refractivity contribution < 1.29 is 0 Å². The summed E-state index contributed by atoms with van der Waals surface area (Å²) in [6.07, 6.45) is 3.67. The van der Waals surface area contributed by atoms with Gasteiger partial charge >= 0.3 is 0 Å². The molecule has 2 aromatic rings. The lowest BCUT2D eigenvalue weighted by molar-refractivity contribution is 0.516. The maximum atomic E-state index is 4.36. The molecule has 21 heavy (non-hydrogen) atoms. The smallest absolute Gasteiger partial charge is 0.134 e. The van der Waals surface area contributed by atoms with E-state index in [-0.39, 0.29) is 5.54 Å². The maximum absolute atomic E-state index is 4.36. The van der Waals surface area contributed by atoms with Crippen LogP contribution in [0.1, 0.15) is 31.4 Å². The Kier molecular flexibility index (Phi) is 4.78. The number of anilines is 2. The van der Waals surface area contributed by atoms with E-state index in [4.69, 9.17) is 0 Å². The third kappa shape index (κ3) is 4.18. The minimum absolute atomic E-state index is 0.0278. The highest BCUT2D eigenvalue weighted by Gasteiger charge is 2.19. The Bertz CT molecular complexity index is 579. The summed E-state index contributed by atoms with van der Waals surface area (Å²) in [7, 11) is 1.87. The van der Waals surface area contributed by atoms with Gasteiger partial charge < -0.3 is 10.6 Å². The molecular weight excluding hydrogens is 260 g/mol. The van der Waals surface area contributed by atoms with Crippen molar-refractivity contribution in [2.24, 2.45) is 0 Å². The van der Waals surface area contributed by atoms with Crippen LogP contribution in [0.15, 0.2) is 36.7 Å². The average molecular weight is 284 g/mol. The predicted molar refractivity (Wildman–Crippen MR) is 88.8 cm³/mol. The van der Waals surface area contributed by atoms with Crippen molar-refractivity contribution in [1.82, 2.24) is 9.97 Å². The van der Waals surface area contributed by atoms with Crippen molar-refractivity contribution in [1.29, 1.82) is 0 Å². The van der Waals surface area contributed by atoms with Gasteiger partial charge in [0.1, 0.15) is 18.0 Å². The molecule has 0 saturated heterocycles. The van der Waals surface area contributed by atoms with Gasteiger partial charge in [0.05, 0.1) is 0 Å². The molecule has 0 unspecified atom stereocenters. The molecule has 1 aromatic carbocycles. The van der Waals surface area contributed by atoms with Crippen molar-refractivity contribution in [3.8, 4) is 0 Å². The minimum atomic E-state index is -0.0278. The summed E-state index contributed by atoms with van der Waals surface area (Å²) >= 11 is 0. The van der Waals surface area contributed by atoms with E-state index < -0.39 is 0 Å². The molecule has 1 aromatic heterocycles. The molecule has 4 heteroatoms. The molecular formula is C17H24N4. The topological polar surface area (TPSA) is 49.8 Å². The second kappa shape index (κ2) is 6.57. The van der Waals surface area contributed by atoms with Crippen LogP contribution < -0.4 is 10.6 Å². The van der Waals surface area contributed by atoms with Gasteiger partial charge in [0.15, 0.2) is 0 Å². The second-order valence-corrected chi connectivity index (χ2v) is 5.94. The Morgan fingerprint density at radius 1 is 1.05 bits per heavy atom. The maximum Gasteiger partial charge on any atom is 0.134 e. The molecule has 0 saturated carbocycles. The molecule has 0 bridgehead atoms. The van der Waals surface area contributed by atoms with E-state index in [2.05, 4.69) is 64.8 Å². The number of aromatic nitrogens is 2. The monoisotopic (exact) mass is 284 g/mol. The number of benzene rings is 1. The molecule has 2 rings (SSSR count). The SMILES string of the molecule is CNc1ncnc(NC(C)(C)CCc2ccccc2)c1C. The predicted octanol–water partition coefficient (Wildman–Crippen LogP) is 3.65. The van der Waals surface area contributed by atoms with Crippen LogP contribution in [0.25, 0.3) is 0 Å². The Morgan fingerprint density at radius 2 is 1.71 bits per heavy atom. The molecule has 0 atom stereocenters. The standard InChI is InChI=1S/C17H24N4/c1-13-15(18-4)19-12-20-16(13)21-17(2,3)11-10-14-8-6-5-7-9-14/h5-9,12H,10-11H2,1-4H3,(H2,18,19,20,21). The Labute approximate surface area is 127 Å². The normalized spacial score (nSPS) is 11.2. The fourth-order valence-corrected chi connectivity index (χ4v) is 2.31. The summed E-state index contributed by atoms with van der Waals surface area (Å²) in [5.41, 5.74) is 2.38. The quantitative estimate of drug-likeness (QED) is 0.850. The van der Waals surface area contributed by atoms with E-state index in [1.807, 2.05) is 14.0 Å². The lowest BCUT2D eigenvalue weighted by Crippen LogP contribution is -2.32. The summed E-state index contributed by atoms with van der Waals surface area (Å²) in [5.74, 6) is 1.76. The number of nitrogens with one attached hydrogen (secondary N) is 2. The van der Waals surface area contributed by atoms with E-state index >= 15 is 0 Å². The first-order valence-electron chi connectivity index (χ1n) is 7.33. The lowest BCUT2D eigenvalue weighted by atomic mass is 9.95. The van der Waals surface area contributed by atoms with Crippen LogP contribution in [0.4, 0.5) is 11.6 Å². The number of hydrogen-bond donors (Lipinski definition) is 2. The van der Waals surface area contributed by atoms with Crippen LogP contribution in [0.5, 0.6) is 0 Å². The van der Waals surface area contributed by atoms with Crippen molar-refractivity contribution >= 4 is 11.6 Å². The van der Waals surface area contributed by atoms with Crippen LogP contribution in [0, 0.1) is 6.92 Å². The molecule has 4 nitrogen and oxygen atoms in total. The van der Waals surface area contributed by atoms with Crippen molar-refractivity contribution in [2.45, 2.75) is 39.2 Å². The van der Waals surface area contributed by atoms with E-state index in [0.29, 0.717) is 0 Å². The molecule has 112 valence electrons. The van der Waals surface area contributed by atoms with Crippen molar-refractivity contribution in [3.05, 3.63) is 47.8 Å². The Morgan fingerprint density at radius 3 is 2.38 bits per heavy atom. The first-order chi connectivity index (χ1) is 10.0. The molecule has 0 radical (unpaired) electrons. The van der Waals surface area contributed by atoms with Gasteiger partial charge in [-0.15, -0.1) is 0 Å². The zero-order chi connectivity index (χ0) is 15.3. The van der Waals surface area contributed by atoms with Crippen molar-refractivity contribution in [3.63, 3.8) is 0 Å². The number of hydrogen-bond acceptors (Lipinski definition) is 4. The molecule has 1 heterocycles. The molecule has 0 fully saturated rings. The minimum Gasteiger partial charge on any atom is -0.373 e. The fourth-order valence-electron chi connectivity index (χ4n) is 2.31. The summed E-state index contributed by atoms with van der Waals surface area (Å²) in [5, 5.41) is 6.63. The van der Waals surface area contributed by atoms with Crippen LogP contribution in [0.3, 0.4) is 0 Å². The first-order valence-corrected chi connectivity index (χ1v) is 7.33. The van der Waals surface area contributed by atoms with Gasteiger partial charge in [-0.05, 0) is 39.2 Å². The largest absolute Gasteiger partial charge is 0.373 e. The molecule has 0 amide bonds. The van der Waals surface area contributed by atoms with Gasteiger partial charge in [-0.1, -0.05) is 30.3 Å². The molecule has 0 spiro atoms. The number of rotatable bonds is 6. The highest BCUT2D eigenvalue weighted by atomic mass is 15.1. The zero-order valence-electron chi connectivity index (χ0n) is 13.3. The molecule has 0 aliphatic rings. The Hall–Kier alpha value is -2.10. The second-order valence-electron chi connectivity index (χ2n) is 5.94. The first kappa shape index (κ1) is 15.3. The van der Waals surface area contributed by atoms with Crippen LogP contribution >= 0.6 is 0 Å². The lowest BCUT2D eigenvalue weighted by Gasteiger charge is -2.28. The van der Waals surface area contributed by atoms with Gasteiger partial charge in [0.25, 0.3) is 0 Å². The molecule has 0 aliphatic carbocycles. The van der Waals surface area contributed by atoms with Crippen molar-refractivity contribution in [2.75, 3.05) is 17.7 Å². The van der Waals surface area contributed by atoms with E-state index in [0.717, 1.165) is 30.0 Å².